The Kier molecular flexibility index (Phi) is 15.1. The third-order valence-corrected chi connectivity index (χ3v) is 4.48. The van der Waals surface area contributed by atoms with Crippen molar-refractivity contribution in [3.05, 3.63) is 0 Å². The summed E-state index contributed by atoms with van der Waals surface area (Å²) in [4.78, 5) is 9.38. The molecule has 0 spiro atoms. The van der Waals surface area contributed by atoms with Crippen LogP contribution in [0.2, 0.25) is 0 Å². The van der Waals surface area contributed by atoms with E-state index in [1.54, 1.807) is 0 Å². The number of hydrogen-bond donors (Lipinski definition) is 2. The van der Waals surface area contributed by atoms with Crippen molar-refractivity contribution in [1.29, 1.82) is 0 Å². The summed E-state index contributed by atoms with van der Waals surface area (Å²) in [5, 5.41) is 6.82. The summed E-state index contributed by atoms with van der Waals surface area (Å²) in [6.07, 6.45) is 2.20. The second kappa shape index (κ2) is 15.2. The highest BCUT2D eigenvalue weighted by atomic mass is 127. The van der Waals surface area contributed by atoms with Gasteiger partial charge in [0.25, 0.3) is 0 Å². The fourth-order valence-corrected chi connectivity index (χ4v) is 2.79. The lowest BCUT2D eigenvalue weighted by molar-refractivity contribution is 0.107. The first-order chi connectivity index (χ1) is 11.2. The van der Waals surface area contributed by atoms with Crippen molar-refractivity contribution in [3.63, 3.8) is 0 Å². The number of likely N-dealkylation sites (N-methyl/N-ethyl adjacent to an activating group) is 1. The first kappa shape index (κ1) is 23.9. The molecule has 1 fully saturated rings. The van der Waals surface area contributed by atoms with E-state index < -0.39 is 0 Å². The van der Waals surface area contributed by atoms with Crippen molar-refractivity contribution >= 4 is 29.9 Å². The maximum Gasteiger partial charge on any atom is 0.191 e. The van der Waals surface area contributed by atoms with Crippen LogP contribution in [0.4, 0.5) is 0 Å². The molecule has 0 radical (unpaired) electrons. The summed E-state index contributed by atoms with van der Waals surface area (Å²) in [6.45, 7) is 16.0. The molecule has 0 aromatic heterocycles. The van der Waals surface area contributed by atoms with E-state index in [-0.39, 0.29) is 24.0 Å². The zero-order valence-electron chi connectivity index (χ0n) is 16.0. The fraction of sp³-hybridized carbons (Fsp3) is 0.941. The van der Waals surface area contributed by atoms with E-state index in [2.05, 4.69) is 39.3 Å². The summed E-state index contributed by atoms with van der Waals surface area (Å²) in [5.74, 6) is 0.903. The molecule has 1 unspecified atom stereocenters. The zero-order valence-corrected chi connectivity index (χ0v) is 18.3. The number of aliphatic imine (C=N–C) groups is 1. The maximum atomic E-state index is 5.35. The predicted octanol–water partition coefficient (Wildman–Crippen LogP) is 1.61. The van der Waals surface area contributed by atoms with Gasteiger partial charge in [-0.05, 0) is 33.2 Å². The summed E-state index contributed by atoms with van der Waals surface area (Å²) in [7, 11) is 1.83. The molecule has 6 nitrogen and oxygen atoms in total. The van der Waals surface area contributed by atoms with E-state index in [1.807, 2.05) is 14.0 Å². The minimum atomic E-state index is 0. The largest absolute Gasteiger partial charge is 0.382 e. The average molecular weight is 455 g/mol. The van der Waals surface area contributed by atoms with Crippen molar-refractivity contribution < 1.29 is 4.74 Å². The van der Waals surface area contributed by atoms with Crippen molar-refractivity contribution in [2.75, 3.05) is 66.1 Å². The number of halogens is 1. The predicted molar refractivity (Wildman–Crippen MR) is 114 cm³/mol. The lowest BCUT2D eigenvalue weighted by Crippen LogP contribution is -2.53. The Bertz CT molecular complexity index is 322. The average Bonchev–Trinajstić information content (AvgIpc) is 2.60. The fourth-order valence-electron chi connectivity index (χ4n) is 2.79. The van der Waals surface area contributed by atoms with Gasteiger partial charge in [-0.25, -0.2) is 0 Å². The van der Waals surface area contributed by atoms with Crippen LogP contribution in [0, 0.1) is 0 Å². The first-order valence-corrected chi connectivity index (χ1v) is 9.19. The Morgan fingerprint density at radius 1 is 1.12 bits per heavy atom. The van der Waals surface area contributed by atoms with Gasteiger partial charge in [0.2, 0.25) is 0 Å². The van der Waals surface area contributed by atoms with Crippen molar-refractivity contribution in [3.8, 4) is 0 Å². The molecule has 1 atom stereocenters. The van der Waals surface area contributed by atoms with Crippen LogP contribution in [0.5, 0.6) is 0 Å². The molecular formula is C17H38IN5O. The van der Waals surface area contributed by atoms with E-state index >= 15 is 0 Å². The minimum absolute atomic E-state index is 0. The van der Waals surface area contributed by atoms with Gasteiger partial charge in [0.15, 0.2) is 5.96 Å². The molecule has 0 saturated carbocycles. The zero-order chi connectivity index (χ0) is 16.9. The van der Waals surface area contributed by atoms with E-state index in [1.165, 1.54) is 32.7 Å². The van der Waals surface area contributed by atoms with Gasteiger partial charge < -0.3 is 20.3 Å². The van der Waals surface area contributed by atoms with E-state index in [0.717, 1.165) is 45.1 Å². The van der Waals surface area contributed by atoms with Gasteiger partial charge in [-0.3, -0.25) is 9.89 Å². The van der Waals surface area contributed by atoms with Gasteiger partial charge in [0.1, 0.15) is 0 Å². The minimum Gasteiger partial charge on any atom is -0.382 e. The lowest BCUT2D eigenvalue weighted by Gasteiger charge is -2.37. The first-order valence-electron chi connectivity index (χ1n) is 9.19. The number of unbranched alkanes of at least 4 members (excludes halogenated alkanes) is 1. The third kappa shape index (κ3) is 10.0. The molecular weight excluding hydrogens is 417 g/mol. The summed E-state index contributed by atoms with van der Waals surface area (Å²) in [5.41, 5.74) is 0. The van der Waals surface area contributed by atoms with Crippen LogP contribution < -0.4 is 10.6 Å². The molecule has 0 amide bonds. The van der Waals surface area contributed by atoms with E-state index in [4.69, 9.17) is 4.74 Å². The summed E-state index contributed by atoms with van der Waals surface area (Å²) < 4.78 is 5.35. The molecule has 0 aromatic rings. The van der Waals surface area contributed by atoms with Gasteiger partial charge in [-0.2, -0.15) is 0 Å². The number of guanidine groups is 1. The Labute approximate surface area is 165 Å². The van der Waals surface area contributed by atoms with Crippen LogP contribution in [0.15, 0.2) is 4.99 Å². The highest BCUT2D eigenvalue weighted by Crippen LogP contribution is 2.05. The lowest BCUT2D eigenvalue weighted by atomic mass is 10.2. The molecule has 0 aromatic carbocycles. The maximum absolute atomic E-state index is 5.35. The monoisotopic (exact) mass is 455 g/mol. The molecule has 1 saturated heterocycles. The number of nitrogens with one attached hydrogen (secondary N) is 2. The molecule has 1 rings (SSSR count). The third-order valence-electron chi connectivity index (χ3n) is 4.48. The van der Waals surface area contributed by atoms with Gasteiger partial charge in [0.05, 0.1) is 0 Å². The second-order valence-corrected chi connectivity index (χ2v) is 6.10. The normalized spacial score (nSPS) is 18.1. The highest BCUT2D eigenvalue weighted by molar-refractivity contribution is 14.0. The number of nitrogens with zero attached hydrogens (tertiary/aromatic N) is 3. The Morgan fingerprint density at radius 3 is 2.42 bits per heavy atom. The molecule has 1 heterocycles. The topological polar surface area (TPSA) is 52.1 Å². The number of hydrogen-bond acceptors (Lipinski definition) is 4. The van der Waals surface area contributed by atoms with Crippen molar-refractivity contribution in [1.82, 2.24) is 20.4 Å². The quantitative estimate of drug-likeness (QED) is 0.227. The Morgan fingerprint density at radius 2 is 1.83 bits per heavy atom. The molecule has 0 aliphatic carbocycles. The van der Waals surface area contributed by atoms with Crippen molar-refractivity contribution in [2.45, 2.75) is 39.7 Å². The van der Waals surface area contributed by atoms with Crippen LogP contribution in [0.1, 0.15) is 33.6 Å². The molecule has 1 aliphatic rings. The van der Waals surface area contributed by atoms with Gasteiger partial charge in [-0.1, -0.05) is 6.92 Å². The Balaban J connectivity index is 0.00000529. The number of piperazine rings is 1. The molecule has 24 heavy (non-hydrogen) atoms. The van der Waals surface area contributed by atoms with Crippen LogP contribution in [0.25, 0.3) is 0 Å². The van der Waals surface area contributed by atoms with Crippen LogP contribution in [0.3, 0.4) is 0 Å². The van der Waals surface area contributed by atoms with Gasteiger partial charge >= 0.3 is 0 Å². The van der Waals surface area contributed by atoms with Crippen LogP contribution in [-0.2, 0) is 4.74 Å². The molecule has 0 bridgehead atoms. The highest BCUT2D eigenvalue weighted by Gasteiger charge is 2.20. The SMILES string of the molecule is CCOCCCCNC(=NC)NCC(C)N1CCN(CC)CC1.I. The Hall–Kier alpha value is -0.120. The number of rotatable bonds is 10. The van der Waals surface area contributed by atoms with Crippen LogP contribution >= 0.6 is 24.0 Å². The second-order valence-electron chi connectivity index (χ2n) is 6.10. The van der Waals surface area contributed by atoms with Crippen LogP contribution in [-0.4, -0.2) is 87.9 Å². The molecule has 7 heteroatoms. The summed E-state index contributed by atoms with van der Waals surface area (Å²) >= 11 is 0. The molecule has 144 valence electrons. The molecule has 2 N–H and O–H groups in total. The van der Waals surface area contributed by atoms with Gasteiger partial charge in [-0.15, -0.1) is 24.0 Å². The molecule has 1 aliphatic heterocycles. The van der Waals surface area contributed by atoms with Gasteiger partial charge in [0, 0.05) is 65.6 Å². The van der Waals surface area contributed by atoms with E-state index in [0.29, 0.717) is 6.04 Å². The van der Waals surface area contributed by atoms with Crippen molar-refractivity contribution in [2.24, 2.45) is 4.99 Å². The number of ether oxygens (including phenoxy) is 1. The smallest absolute Gasteiger partial charge is 0.191 e. The standard InChI is InChI=1S/C17H37N5O.HI/c1-5-21-10-12-22(13-11-21)16(3)15-20-17(18-4)19-9-7-8-14-23-6-2;/h16H,5-15H2,1-4H3,(H2,18,19,20);1H. The summed E-state index contributed by atoms with van der Waals surface area (Å²) in [6, 6.07) is 0.533. The van der Waals surface area contributed by atoms with E-state index in [9.17, 15) is 0 Å².